The molecule has 5 heteroatoms. The van der Waals surface area contributed by atoms with Crippen LogP contribution in [0.4, 0.5) is 8.78 Å². The van der Waals surface area contributed by atoms with Crippen molar-refractivity contribution >= 4 is 0 Å². The zero-order valence-corrected chi connectivity index (χ0v) is 13.4. The van der Waals surface area contributed by atoms with Gasteiger partial charge in [-0.2, -0.15) is 0 Å². The second-order valence-corrected chi connectivity index (χ2v) is 5.52. The first-order valence-electron chi connectivity index (χ1n) is 7.58. The lowest BCUT2D eigenvalue weighted by Crippen LogP contribution is -2.61. The van der Waals surface area contributed by atoms with Gasteiger partial charge in [0, 0.05) is 11.6 Å². The smallest absolute Gasteiger partial charge is 0.162 e. The third-order valence-electron chi connectivity index (χ3n) is 4.61. The van der Waals surface area contributed by atoms with E-state index in [2.05, 4.69) is 38.0 Å². The summed E-state index contributed by atoms with van der Waals surface area (Å²) in [5.74, 6) is 4.13. The van der Waals surface area contributed by atoms with E-state index >= 15 is 0 Å². The number of nitrogens with two attached hydrogens (primary N) is 1. The second kappa shape index (κ2) is 7.82. The van der Waals surface area contributed by atoms with Crippen LogP contribution in [0.15, 0.2) is 18.2 Å². The Labute approximate surface area is 126 Å². The molecule has 0 saturated heterocycles. The maximum Gasteiger partial charge on any atom is 0.162 e. The van der Waals surface area contributed by atoms with Crippen molar-refractivity contribution in [1.29, 1.82) is 0 Å². The molecule has 0 heterocycles. The standard InChI is InChI=1S/C16H27F2N3/c1-5-16(4,21(6-2)7-3)14(20-19)11-12-9-8-10-13(17)15(12)18/h8-10,14,20H,5-7,11,19H2,1-4H3. The van der Waals surface area contributed by atoms with Gasteiger partial charge in [-0.05, 0) is 44.5 Å². The van der Waals surface area contributed by atoms with Crippen molar-refractivity contribution in [3.05, 3.63) is 35.4 Å². The number of likely N-dealkylation sites (N-methyl/N-ethyl adjacent to an activating group) is 1. The lowest BCUT2D eigenvalue weighted by Gasteiger charge is -2.45. The highest BCUT2D eigenvalue weighted by Crippen LogP contribution is 2.26. The number of hydrogen-bond acceptors (Lipinski definition) is 3. The van der Waals surface area contributed by atoms with E-state index in [1.165, 1.54) is 6.07 Å². The number of nitrogens with one attached hydrogen (secondary N) is 1. The van der Waals surface area contributed by atoms with E-state index in [9.17, 15) is 8.78 Å². The van der Waals surface area contributed by atoms with Gasteiger partial charge in [0.1, 0.15) is 0 Å². The minimum atomic E-state index is -0.815. The van der Waals surface area contributed by atoms with Gasteiger partial charge in [0.15, 0.2) is 11.6 Å². The van der Waals surface area contributed by atoms with Crippen LogP contribution in [0.3, 0.4) is 0 Å². The largest absolute Gasteiger partial charge is 0.297 e. The number of nitrogens with zero attached hydrogens (tertiary/aromatic N) is 1. The van der Waals surface area contributed by atoms with Gasteiger partial charge in [-0.3, -0.25) is 16.2 Å². The summed E-state index contributed by atoms with van der Waals surface area (Å²) >= 11 is 0. The van der Waals surface area contributed by atoms with Crippen molar-refractivity contribution in [3.8, 4) is 0 Å². The van der Waals surface area contributed by atoms with Crippen LogP contribution in [-0.2, 0) is 6.42 Å². The fourth-order valence-electron chi connectivity index (χ4n) is 3.02. The molecular weight excluding hydrogens is 272 g/mol. The number of hydrazine groups is 1. The van der Waals surface area contributed by atoms with E-state index < -0.39 is 11.6 Å². The molecule has 0 bridgehead atoms. The first-order chi connectivity index (χ1) is 9.94. The zero-order chi connectivity index (χ0) is 16.0. The Balaban J connectivity index is 3.08. The van der Waals surface area contributed by atoms with E-state index in [0.29, 0.717) is 12.0 Å². The molecule has 1 rings (SSSR count). The highest BCUT2D eigenvalue weighted by Gasteiger charge is 2.36. The highest BCUT2D eigenvalue weighted by atomic mass is 19.2. The Hall–Kier alpha value is -1.04. The van der Waals surface area contributed by atoms with E-state index in [4.69, 9.17) is 5.84 Å². The molecular formula is C16H27F2N3. The van der Waals surface area contributed by atoms with Crippen LogP contribution >= 0.6 is 0 Å². The van der Waals surface area contributed by atoms with Gasteiger partial charge >= 0.3 is 0 Å². The van der Waals surface area contributed by atoms with E-state index in [1.807, 2.05) is 0 Å². The summed E-state index contributed by atoms with van der Waals surface area (Å²) in [4.78, 5) is 2.30. The third kappa shape index (κ3) is 3.78. The quantitative estimate of drug-likeness (QED) is 0.573. The van der Waals surface area contributed by atoms with Crippen LogP contribution in [0.2, 0.25) is 0 Å². The summed E-state index contributed by atoms with van der Waals surface area (Å²) in [6.07, 6.45) is 1.21. The van der Waals surface area contributed by atoms with Crippen LogP contribution in [-0.4, -0.2) is 29.6 Å². The highest BCUT2D eigenvalue weighted by molar-refractivity contribution is 5.21. The van der Waals surface area contributed by atoms with E-state index in [1.54, 1.807) is 6.07 Å². The van der Waals surface area contributed by atoms with E-state index in [0.717, 1.165) is 25.6 Å². The second-order valence-electron chi connectivity index (χ2n) is 5.52. The van der Waals surface area contributed by atoms with Crippen molar-refractivity contribution in [2.45, 2.75) is 52.1 Å². The molecule has 0 aliphatic carbocycles. The summed E-state index contributed by atoms with van der Waals surface area (Å²) in [5.41, 5.74) is 2.93. The predicted octanol–water partition coefficient (Wildman–Crippen LogP) is 2.85. The summed E-state index contributed by atoms with van der Waals surface area (Å²) in [6, 6.07) is 4.11. The summed E-state index contributed by atoms with van der Waals surface area (Å²) in [6.45, 7) is 10.1. The zero-order valence-electron chi connectivity index (χ0n) is 13.4. The molecule has 0 spiro atoms. The van der Waals surface area contributed by atoms with Gasteiger partial charge in [-0.25, -0.2) is 8.78 Å². The van der Waals surface area contributed by atoms with Crippen molar-refractivity contribution in [2.24, 2.45) is 5.84 Å². The maximum absolute atomic E-state index is 13.9. The average Bonchev–Trinajstić information content (AvgIpc) is 2.49. The first kappa shape index (κ1) is 18.0. The Bertz CT molecular complexity index is 449. The Kier molecular flexibility index (Phi) is 6.71. The molecule has 2 atom stereocenters. The topological polar surface area (TPSA) is 41.3 Å². The number of benzene rings is 1. The van der Waals surface area contributed by atoms with Gasteiger partial charge < -0.3 is 0 Å². The predicted molar refractivity (Wildman–Crippen MR) is 82.8 cm³/mol. The number of halogens is 2. The number of rotatable bonds is 8. The Morgan fingerprint density at radius 2 is 1.86 bits per heavy atom. The summed E-state index contributed by atoms with van der Waals surface area (Å²) in [7, 11) is 0. The van der Waals surface area contributed by atoms with Gasteiger partial charge in [0.05, 0.1) is 0 Å². The normalized spacial score (nSPS) is 16.0. The maximum atomic E-state index is 13.9. The van der Waals surface area contributed by atoms with Crippen LogP contribution in [0.1, 0.15) is 39.7 Å². The minimum Gasteiger partial charge on any atom is -0.297 e. The Morgan fingerprint density at radius 3 is 2.33 bits per heavy atom. The molecule has 2 unspecified atom stereocenters. The summed E-state index contributed by atoms with van der Waals surface area (Å²) < 4.78 is 27.3. The van der Waals surface area contributed by atoms with Crippen molar-refractivity contribution in [1.82, 2.24) is 10.3 Å². The average molecular weight is 299 g/mol. The fraction of sp³-hybridized carbons (Fsp3) is 0.625. The SMILES string of the molecule is CCN(CC)C(C)(CC)C(Cc1cccc(F)c1F)NN. The van der Waals surface area contributed by atoms with Crippen LogP contribution in [0.25, 0.3) is 0 Å². The molecule has 0 aliphatic heterocycles. The minimum absolute atomic E-state index is 0.168. The molecule has 3 nitrogen and oxygen atoms in total. The summed E-state index contributed by atoms with van der Waals surface area (Å²) in [5, 5.41) is 0. The van der Waals surface area contributed by atoms with Gasteiger partial charge in [-0.1, -0.05) is 32.9 Å². The third-order valence-corrected chi connectivity index (χ3v) is 4.61. The molecule has 3 N–H and O–H groups in total. The van der Waals surface area contributed by atoms with Crippen LogP contribution in [0, 0.1) is 11.6 Å². The lowest BCUT2D eigenvalue weighted by atomic mass is 9.83. The van der Waals surface area contributed by atoms with Crippen molar-refractivity contribution in [2.75, 3.05) is 13.1 Å². The molecule has 0 aliphatic rings. The first-order valence-corrected chi connectivity index (χ1v) is 7.58. The van der Waals surface area contributed by atoms with Crippen LogP contribution < -0.4 is 11.3 Å². The molecule has 0 amide bonds. The van der Waals surface area contributed by atoms with Gasteiger partial charge in [0.2, 0.25) is 0 Å². The molecule has 0 aromatic heterocycles. The monoisotopic (exact) mass is 299 g/mol. The van der Waals surface area contributed by atoms with Gasteiger partial charge in [-0.15, -0.1) is 0 Å². The fourth-order valence-corrected chi connectivity index (χ4v) is 3.02. The molecule has 21 heavy (non-hydrogen) atoms. The number of hydrogen-bond donors (Lipinski definition) is 2. The van der Waals surface area contributed by atoms with Crippen LogP contribution in [0.5, 0.6) is 0 Å². The lowest BCUT2D eigenvalue weighted by molar-refractivity contribution is 0.0697. The Morgan fingerprint density at radius 1 is 1.24 bits per heavy atom. The molecule has 120 valence electrons. The van der Waals surface area contributed by atoms with Crippen molar-refractivity contribution in [3.63, 3.8) is 0 Å². The molecule has 0 radical (unpaired) electrons. The van der Waals surface area contributed by atoms with Crippen molar-refractivity contribution < 1.29 is 8.78 Å². The van der Waals surface area contributed by atoms with Gasteiger partial charge in [0.25, 0.3) is 0 Å². The van der Waals surface area contributed by atoms with E-state index in [-0.39, 0.29) is 11.6 Å². The molecule has 0 saturated carbocycles. The molecule has 1 aromatic rings. The molecule has 0 fully saturated rings. The molecule has 1 aromatic carbocycles.